The predicted octanol–water partition coefficient (Wildman–Crippen LogP) is 2.54. The van der Waals surface area contributed by atoms with Crippen LogP contribution in [0.2, 0.25) is 0 Å². The molecule has 2 aromatic rings. The fraction of sp³-hybridized carbons (Fsp3) is 0.235. The van der Waals surface area contributed by atoms with E-state index in [1.807, 2.05) is 19.9 Å². The maximum Gasteiger partial charge on any atom is 0.274 e. The number of pyridine rings is 1. The second-order valence-corrected chi connectivity index (χ2v) is 5.13. The standard InChI is InChI=1S/C17H19N3O3/c1-11-9-13(7-8-14(11)20-16(21)10-23-3)19-17(22)15-6-4-5-12(2)18-15/h4-9H,10H2,1-3H3,(H,19,22)(H,20,21). The van der Waals surface area contributed by atoms with Crippen molar-refractivity contribution in [3.63, 3.8) is 0 Å². The minimum atomic E-state index is -0.274. The van der Waals surface area contributed by atoms with Crippen molar-refractivity contribution in [3.8, 4) is 0 Å². The number of carbonyl (C=O) groups is 2. The Morgan fingerprint density at radius 3 is 2.57 bits per heavy atom. The number of methoxy groups -OCH3 is 1. The third-order valence-electron chi connectivity index (χ3n) is 3.15. The Kier molecular flexibility index (Phi) is 5.43. The first-order valence-electron chi connectivity index (χ1n) is 7.14. The van der Waals surface area contributed by atoms with Crippen LogP contribution in [0.4, 0.5) is 11.4 Å². The minimum Gasteiger partial charge on any atom is -0.375 e. The van der Waals surface area contributed by atoms with Gasteiger partial charge in [0.2, 0.25) is 5.91 Å². The maximum atomic E-state index is 12.2. The van der Waals surface area contributed by atoms with Gasteiger partial charge in [-0.2, -0.15) is 0 Å². The SMILES string of the molecule is COCC(=O)Nc1ccc(NC(=O)c2cccc(C)n2)cc1C. The van der Waals surface area contributed by atoms with Gasteiger partial charge >= 0.3 is 0 Å². The lowest BCUT2D eigenvalue weighted by atomic mass is 10.1. The number of anilines is 2. The van der Waals surface area contributed by atoms with E-state index in [-0.39, 0.29) is 18.4 Å². The first kappa shape index (κ1) is 16.6. The lowest BCUT2D eigenvalue weighted by Crippen LogP contribution is -2.18. The van der Waals surface area contributed by atoms with E-state index in [4.69, 9.17) is 4.74 Å². The first-order chi connectivity index (χ1) is 11.0. The van der Waals surface area contributed by atoms with Crippen molar-refractivity contribution < 1.29 is 14.3 Å². The lowest BCUT2D eigenvalue weighted by Gasteiger charge is -2.11. The number of hydrogen-bond acceptors (Lipinski definition) is 4. The molecule has 0 unspecified atom stereocenters. The summed E-state index contributed by atoms with van der Waals surface area (Å²) in [6.07, 6.45) is 0. The van der Waals surface area contributed by atoms with E-state index in [1.54, 1.807) is 30.3 Å². The molecule has 0 aliphatic carbocycles. The molecule has 6 nitrogen and oxygen atoms in total. The highest BCUT2D eigenvalue weighted by molar-refractivity contribution is 6.03. The molecule has 0 saturated heterocycles. The number of aryl methyl sites for hydroxylation is 2. The summed E-state index contributed by atoms with van der Waals surface area (Å²) in [5, 5.41) is 5.53. The fourth-order valence-corrected chi connectivity index (χ4v) is 2.06. The number of ether oxygens (including phenoxy) is 1. The molecule has 1 aromatic carbocycles. The minimum absolute atomic E-state index is 0.00302. The quantitative estimate of drug-likeness (QED) is 0.889. The topological polar surface area (TPSA) is 80.3 Å². The van der Waals surface area contributed by atoms with E-state index in [2.05, 4.69) is 15.6 Å². The van der Waals surface area contributed by atoms with E-state index in [0.717, 1.165) is 11.3 Å². The van der Waals surface area contributed by atoms with Crippen molar-refractivity contribution in [2.24, 2.45) is 0 Å². The molecule has 120 valence electrons. The summed E-state index contributed by atoms with van der Waals surface area (Å²) in [6, 6.07) is 10.5. The average Bonchev–Trinajstić information content (AvgIpc) is 2.50. The smallest absolute Gasteiger partial charge is 0.274 e. The number of aromatic nitrogens is 1. The Bertz CT molecular complexity index is 729. The number of rotatable bonds is 5. The van der Waals surface area contributed by atoms with Crippen molar-refractivity contribution in [1.82, 2.24) is 4.98 Å². The van der Waals surface area contributed by atoms with Gasteiger partial charge < -0.3 is 15.4 Å². The van der Waals surface area contributed by atoms with Crippen LogP contribution < -0.4 is 10.6 Å². The largest absolute Gasteiger partial charge is 0.375 e. The second kappa shape index (κ2) is 7.51. The Balaban J connectivity index is 2.08. The van der Waals surface area contributed by atoms with E-state index in [0.29, 0.717) is 17.1 Å². The molecule has 0 spiro atoms. The normalized spacial score (nSPS) is 10.2. The van der Waals surface area contributed by atoms with Crippen LogP contribution in [-0.4, -0.2) is 30.5 Å². The van der Waals surface area contributed by atoms with Crippen molar-refractivity contribution in [2.45, 2.75) is 13.8 Å². The average molecular weight is 313 g/mol. The number of amides is 2. The highest BCUT2D eigenvalue weighted by Gasteiger charge is 2.09. The van der Waals surface area contributed by atoms with Gasteiger partial charge in [0.05, 0.1) is 0 Å². The van der Waals surface area contributed by atoms with Gasteiger partial charge in [-0.15, -0.1) is 0 Å². The first-order valence-corrected chi connectivity index (χ1v) is 7.14. The van der Waals surface area contributed by atoms with Crippen LogP contribution in [0, 0.1) is 13.8 Å². The summed E-state index contributed by atoms with van der Waals surface area (Å²) in [5.74, 6) is -0.499. The Morgan fingerprint density at radius 1 is 1.13 bits per heavy atom. The summed E-state index contributed by atoms with van der Waals surface area (Å²) in [4.78, 5) is 27.9. The molecule has 0 fully saturated rings. The van der Waals surface area contributed by atoms with Gasteiger partial charge in [0.15, 0.2) is 0 Å². The molecule has 0 radical (unpaired) electrons. The molecule has 1 heterocycles. The predicted molar refractivity (Wildman–Crippen MR) is 88.6 cm³/mol. The zero-order chi connectivity index (χ0) is 16.8. The Morgan fingerprint density at radius 2 is 1.91 bits per heavy atom. The van der Waals surface area contributed by atoms with Gasteiger partial charge in [0, 0.05) is 24.2 Å². The number of hydrogen-bond donors (Lipinski definition) is 2. The van der Waals surface area contributed by atoms with Crippen LogP contribution in [0.1, 0.15) is 21.7 Å². The van der Waals surface area contributed by atoms with E-state index >= 15 is 0 Å². The van der Waals surface area contributed by atoms with Gasteiger partial charge in [-0.05, 0) is 49.7 Å². The van der Waals surface area contributed by atoms with E-state index in [9.17, 15) is 9.59 Å². The van der Waals surface area contributed by atoms with Crippen LogP contribution >= 0.6 is 0 Å². The number of carbonyl (C=O) groups excluding carboxylic acids is 2. The fourth-order valence-electron chi connectivity index (χ4n) is 2.06. The molecular weight excluding hydrogens is 294 g/mol. The van der Waals surface area contributed by atoms with Crippen molar-refractivity contribution in [1.29, 1.82) is 0 Å². The van der Waals surface area contributed by atoms with Gasteiger partial charge in [0.25, 0.3) is 5.91 Å². The molecule has 2 rings (SSSR count). The molecule has 6 heteroatoms. The monoisotopic (exact) mass is 313 g/mol. The van der Waals surface area contributed by atoms with Gasteiger partial charge in [-0.3, -0.25) is 9.59 Å². The van der Waals surface area contributed by atoms with Crippen LogP contribution in [0.3, 0.4) is 0 Å². The van der Waals surface area contributed by atoms with E-state index in [1.165, 1.54) is 7.11 Å². The number of nitrogens with one attached hydrogen (secondary N) is 2. The van der Waals surface area contributed by atoms with Crippen LogP contribution in [0.15, 0.2) is 36.4 Å². The zero-order valence-electron chi connectivity index (χ0n) is 13.3. The molecule has 0 aliphatic heterocycles. The summed E-state index contributed by atoms with van der Waals surface area (Å²) in [5.41, 5.74) is 3.30. The molecule has 2 amide bonds. The third-order valence-corrected chi connectivity index (χ3v) is 3.15. The van der Waals surface area contributed by atoms with E-state index < -0.39 is 0 Å². The van der Waals surface area contributed by atoms with Gasteiger partial charge in [0.1, 0.15) is 12.3 Å². The molecule has 2 N–H and O–H groups in total. The van der Waals surface area contributed by atoms with Crippen molar-refractivity contribution >= 4 is 23.2 Å². The Labute approximate surface area is 134 Å². The number of nitrogens with zero attached hydrogens (tertiary/aromatic N) is 1. The molecule has 0 atom stereocenters. The Hall–Kier alpha value is -2.73. The summed E-state index contributed by atoms with van der Waals surface area (Å²) in [6.45, 7) is 3.68. The van der Waals surface area contributed by atoms with Crippen molar-refractivity contribution in [2.75, 3.05) is 24.4 Å². The van der Waals surface area contributed by atoms with Crippen LogP contribution in [-0.2, 0) is 9.53 Å². The van der Waals surface area contributed by atoms with Crippen LogP contribution in [0.25, 0.3) is 0 Å². The molecule has 0 aliphatic rings. The lowest BCUT2D eigenvalue weighted by molar-refractivity contribution is -0.119. The number of benzene rings is 1. The summed E-state index contributed by atoms with van der Waals surface area (Å²) in [7, 11) is 1.46. The molecule has 0 saturated carbocycles. The van der Waals surface area contributed by atoms with Crippen molar-refractivity contribution in [3.05, 3.63) is 53.3 Å². The van der Waals surface area contributed by atoms with Crippen LogP contribution in [0.5, 0.6) is 0 Å². The summed E-state index contributed by atoms with van der Waals surface area (Å²) < 4.78 is 4.77. The molecule has 1 aromatic heterocycles. The highest BCUT2D eigenvalue weighted by atomic mass is 16.5. The molecule has 0 bridgehead atoms. The van der Waals surface area contributed by atoms with Gasteiger partial charge in [-0.1, -0.05) is 6.07 Å². The maximum absolute atomic E-state index is 12.2. The highest BCUT2D eigenvalue weighted by Crippen LogP contribution is 2.20. The molecule has 23 heavy (non-hydrogen) atoms. The van der Waals surface area contributed by atoms with Gasteiger partial charge in [-0.25, -0.2) is 4.98 Å². The second-order valence-electron chi connectivity index (χ2n) is 5.13. The zero-order valence-corrected chi connectivity index (χ0v) is 13.3. The summed E-state index contributed by atoms with van der Waals surface area (Å²) >= 11 is 0. The third kappa shape index (κ3) is 4.62. The molecular formula is C17H19N3O3.